The van der Waals surface area contributed by atoms with E-state index in [1.165, 1.54) is 18.3 Å². The van der Waals surface area contributed by atoms with Gasteiger partial charge in [0.2, 0.25) is 0 Å². The molecular weight excluding hydrogens is 220 g/mol. The summed E-state index contributed by atoms with van der Waals surface area (Å²) < 4.78 is 0. The van der Waals surface area contributed by atoms with E-state index in [2.05, 4.69) is 10.5 Å². The van der Waals surface area contributed by atoms with Gasteiger partial charge in [-0.3, -0.25) is 10.2 Å². The van der Waals surface area contributed by atoms with Crippen LogP contribution in [0.2, 0.25) is 0 Å². The van der Waals surface area contributed by atoms with Crippen molar-refractivity contribution in [2.75, 3.05) is 5.43 Å². The number of benzene rings is 1. The largest absolute Gasteiger partial charge is 0.478 e. The fourth-order valence-electron chi connectivity index (χ4n) is 1.18. The van der Waals surface area contributed by atoms with Crippen molar-refractivity contribution in [1.29, 1.82) is 0 Å². The zero-order valence-electron chi connectivity index (χ0n) is 9.51. The van der Waals surface area contributed by atoms with Gasteiger partial charge in [-0.2, -0.15) is 5.10 Å². The molecule has 5 heteroatoms. The summed E-state index contributed by atoms with van der Waals surface area (Å²) >= 11 is 0. The van der Waals surface area contributed by atoms with Crippen molar-refractivity contribution in [3.63, 3.8) is 0 Å². The van der Waals surface area contributed by atoms with Crippen molar-refractivity contribution in [2.45, 2.75) is 19.8 Å². The SMILES string of the molecule is CCCC(=O)C=NNc1ccc(C(=O)O)cc1. The molecule has 0 aromatic heterocycles. The number of nitrogens with one attached hydrogen (secondary N) is 1. The average molecular weight is 234 g/mol. The summed E-state index contributed by atoms with van der Waals surface area (Å²) in [6, 6.07) is 6.11. The van der Waals surface area contributed by atoms with Crippen LogP contribution in [0.25, 0.3) is 0 Å². The number of aromatic carboxylic acids is 1. The number of nitrogens with zero attached hydrogens (tertiary/aromatic N) is 1. The van der Waals surface area contributed by atoms with Crippen molar-refractivity contribution < 1.29 is 14.7 Å². The molecule has 0 radical (unpaired) electrons. The number of Topliss-reactive ketones (excluding diaryl/α,β-unsaturated/α-hetero) is 1. The summed E-state index contributed by atoms with van der Waals surface area (Å²) in [6.45, 7) is 1.92. The molecule has 0 amide bonds. The van der Waals surface area contributed by atoms with E-state index in [-0.39, 0.29) is 11.3 Å². The van der Waals surface area contributed by atoms with E-state index in [0.29, 0.717) is 12.1 Å². The van der Waals surface area contributed by atoms with Gasteiger partial charge in [-0.25, -0.2) is 4.79 Å². The van der Waals surface area contributed by atoms with Crippen molar-refractivity contribution >= 4 is 23.7 Å². The zero-order valence-corrected chi connectivity index (χ0v) is 9.51. The minimum atomic E-state index is -0.974. The van der Waals surface area contributed by atoms with Crippen molar-refractivity contribution in [2.24, 2.45) is 5.10 Å². The minimum Gasteiger partial charge on any atom is -0.478 e. The number of carbonyl (C=O) groups is 2. The van der Waals surface area contributed by atoms with Gasteiger partial charge in [0.25, 0.3) is 0 Å². The van der Waals surface area contributed by atoms with Crippen LogP contribution in [0.15, 0.2) is 29.4 Å². The molecule has 0 aliphatic heterocycles. The van der Waals surface area contributed by atoms with Crippen molar-refractivity contribution in [3.05, 3.63) is 29.8 Å². The second-order valence-electron chi connectivity index (χ2n) is 3.47. The lowest BCUT2D eigenvalue weighted by atomic mass is 10.2. The lowest BCUT2D eigenvalue weighted by Gasteiger charge is -2.00. The van der Waals surface area contributed by atoms with E-state index in [4.69, 9.17) is 5.11 Å². The average Bonchev–Trinajstić information content (AvgIpc) is 2.30. The van der Waals surface area contributed by atoms with Gasteiger partial charge in [0, 0.05) is 6.42 Å². The zero-order chi connectivity index (χ0) is 12.7. The van der Waals surface area contributed by atoms with E-state index < -0.39 is 5.97 Å². The molecule has 0 fully saturated rings. The third-order valence-corrected chi connectivity index (χ3v) is 2.03. The normalized spacial score (nSPS) is 10.4. The molecular formula is C12H14N2O3. The van der Waals surface area contributed by atoms with Gasteiger partial charge in [-0.1, -0.05) is 6.92 Å². The molecule has 2 N–H and O–H groups in total. The van der Waals surface area contributed by atoms with Crippen LogP contribution in [0.5, 0.6) is 0 Å². The summed E-state index contributed by atoms with van der Waals surface area (Å²) in [5.41, 5.74) is 3.50. The highest BCUT2D eigenvalue weighted by molar-refractivity contribution is 6.27. The molecule has 0 heterocycles. The monoisotopic (exact) mass is 234 g/mol. The maximum atomic E-state index is 11.1. The van der Waals surface area contributed by atoms with E-state index in [0.717, 1.165) is 6.42 Å². The molecule has 0 spiro atoms. The third kappa shape index (κ3) is 4.46. The lowest BCUT2D eigenvalue weighted by molar-refractivity contribution is -0.112. The van der Waals surface area contributed by atoms with Crippen LogP contribution < -0.4 is 5.43 Å². The highest BCUT2D eigenvalue weighted by atomic mass is 16.4. The summed E-state index contributed by atoms with van der Waals surface area (Å²) in [6.07, 6.45) is 2.50. The number of hydrogen-bond acceptors (Lipinski definition) is 4. The van der Waals surface area contributed by atoms with Gasteiger partial charge >= 0.3 is 5.97 Å². The summed E-state index contributed by atoms with van der Waals surface area (Å²) in [4.78, 5) is 21.7. The molecule has 1 aromatic carbocycles. The quantitative estimate of drug-likeness (QED) is 0.584. The Morgan fingerprint density at radius 2 is 2.00 bits per heavy atom. The van der Waals surface area contributed by atoms with Gasteiger partial charge < -0.3 is 5.11 Å². The highest BCUT2D eigenvalue weighted by Crippen LogP contribution is 2.09. The Morgan fingerprint density at radius 3 is 2.53 bits per heavy atom. The number of anilines is 1. The number of ketones is 1. The fraction of sp³-hybridized carbons (Fsp3) is 0.250. The van der Waals surface area contributed by atoms with Gasteiger partial charge in [0.15, 0.2) is 5.78 Å². The second-order valence-corrected chi connectivity index (χ2v) is 3.47. The number of carbonyl (C=O) groups excluding carboxylic acids is 1. The van der Waals surface area contributed by atoms with Crippen LogP contribution in [0.4, 0.5) is 5.69 Å². The first-order valence-electron chi connectivity index (χ1n) is 5.28. The first-order chi connectivity index (χ1) is 8.13. The van der Waals surface area contributed by atoms with E-state index >= 15 is 0 Å². The first kappa shape index (κ1) is 12.9. The predicted octanol–water partition coefficient (Wildman–Crippen LogP) is 2.15. The maximum Gasteiger partial charge on any atom is 0.335 e. The number of hydrogen-bond donors (Lipinski definition) is 2. The maximum absolute atomic E-state index is 11.1. The van der Waals surface area contributed by atoms with Crippen LogP contribution in [-0.4, -0.2) is 23.1 Å². The minimum absolute atomic E-state index is 0.0397. The summed E-state index contributed by atoms with van der Waals surface area (Å²) in [5.74, 6) is -1.01. The van der Waals surface area contributed by atoms with Gasteiger partial charge in [0.1, 0.15) is 0 Å². The Labute approximate surface area is 99.2 Å². The molecule has 5 nitrogen and oxygen atoms in total. The molecule has 0 aliphatic carbocycles. The van der Waals surface area contributed by atoms with Crippen LogP contribution in [0, 0.1) is 0 Å². The molecule has 0 unspecified atom stereocenters. The number of carboxylic acid groups (broad SMARTS) is 1. The van der Waals surface area contributed by atoms with Gasteiger partial charge in [-0.05, 0) is 30.7 Å². The smallest absolute Gasteiger partial charge is 0.335 e. The van der Waals surface area contributed by atoms with Crippen LogP contribution in [0.3, 0.4) is 0 Å². The highest BCUT2D eigenvalue weighted by Gasteiger charge is 2.00. The fourth-order valence-corrected chi connectivity index (χ4v) is 1.18. The van der Waals surface area contributed by atoms with E-state index in [1.807, 2.05) is 6.92 Å². The molecule has 0 saturated carbocycles. The molecule has 90 valence electrons. The van der Waals surface area contributed by atoms with Gasteiger partial charge in [0.05, 0.1) is 17.5 Å². The molecule has 0 aliphatic rings. The lowest BCUT2D eigenvalue weighted by Crippen LogP contribution is -2.01. The molecule has 17 heavy (non-hydrogen) atoms. The Morgan fingerprint density at radius 1 is 1.35 bits per heavy atom. The van der Waals surface area contributed by atoms with Gasteiger partial charge in [-0.15, -0.1) is 0 Å². The molecule has 0 atom stereocenters. The predicted molar refractivity (Wildman–Crippen MR) is 65.4 cm³/mol. The summed E-state index contributed by atoms with van der Waals surface area (Å²) in [5, 5.41) is 12.5. The molecule has 1 rings (SSSR count). The van der Waals surface area contributed by atoms with E-state index in [1.54, 1.807) is 12.1 Å². The topological polar surface area (TPSA) is 78.8 Å². The van der Waals surface area contributed by atoms with Crippen molar-refractivity contribution in [1.82, 2.24) is 0 Å². The van der Waals surface area contributed by atoms with Crippen LogP contribution >= 0.6 is 0 Å². The van der Waals surface area contributed by atoms with E-state index in [9.17, 15) is 9.59 Å². The van der Waals surface area contributed by atoms with Crippen LogP contribution in [-0.2, 0) is 4.79 Å². The second kappa shape index (κ2) is 6.42. The Bertz CT molecular complexity index is 424. The van der Waals surface area contributed by atoms with Crippen molar-refractivity contribution in [3.8, 4) is 0 Å². The number of hydrazone groups is 1. The Kier molecular flexibility index (Phi) is 4.87. The first-order valence-corrected chi connectivity index (χ1v) is 5.28. The molecule has 0 saturated heterocycles. The standard InChI is InChI=1S/C12H14N2O3/c1-2-3-11(15)8-13-14-10-6-4-9(5-7-10)12(16)17/h4-8,14H,2-3H2,1H3,(H,16,17). The number of carboxylic acids is 1. The summed E-state index contributed by atoms with van der Waals surface area (Å²) in [7, 11) is 0. The number of rotatable bonds is 6. The van der Waals surface area contributed by atoms with Crippen LogP contribution in [0.1, 0.15) is 30.1 Å². The Balaban J connectivity index is 2.52. The Hall–Kier alpha value is -2.17. The molecule has 0 bridgehead atoms. The third-order valence-electron chi connectivity index (χ3n) is 2.03. The molecule has 1 aromatic rings.